The van der Waals surface area contributed by atoms with Crippen LogP contribution in [-0.2, 0) is 0 Å². The van der Waals surface area contributed by atoms with Crippen LogP contribution in [0.3, 0.4) is 0 Å². The molecule has 0 radical (unpaired) electrons. The van der Waals surface area contributed by atoms with Gasteiger partial charge in [0.25, 0.3) is 0 Å². The number of rotatable bonds is 6. The van der Waals surface area contributed by atoms with Crippen LogP contribution in [0, 0.1) is 0 Å². The van der Waals surface area contributed by atoms with Crippen molar-refractivity contribution >= 4 is 29.2 Å². The van der Waals surface area contributed by atoms with E-state index in [0.717, 1.165) is 32.4 Å². The van der Waals surface area contributed by atoms with Gasteiger partial charge in [-0.05, 0) is 53.3 Å². The fourth-order valence-corrected chi connectivity index (χ4v) is 3.78. The number of urea groups is 1. The molecule has 3 rings (SSSR count). The number of carbonyl (C=O) groups is 1. The zero-order valence-corrected chi connectivity index (χ0v) is 18.0. The van der Waals surface area contributed by atoms with E-state index in [0.29, 0.717) is 11.8 Å². The molecule has 29 heavy (non-hydrogen) atoms. The molecule has 0 saturated carbocycles. The molecule has 0 saturated heterocycles. The predicted octanol–water partition coefficient (Wildman–Crippen LogP) is 6.52. The fraction of sp³-hybridized carbons (Fsp3) is 0.261. The van der Waals surface area contributed by atoms with E-state index in [4.69, 9.17) is 0 Å². The first-order valence-corrected chi connectivity index (χ1v) is 10.5. The molecular weight excluding hydrogens is 380 g/mol. The van der Waals surface area contributed by atoms with Crippen LogP contribution in [0.5, 0.6) is 0 Å². The van der Waals surface area contributed by atoms with Crippen LogP contribution in [-0.4, -0.2) is 16.0 Å². The van der Waals surface area contributed by atoms with Gasteiger partial charge in [0.15, 0.2) is 0 Å². The number of carbonyl (C=O) groups excluding carboxylic acids is 1. The van der Waals surface area contributed by atoms with Gasteiger partial charge in [-0.15, -0.1) is 0 Å². The third-order valence-electron chi connectivity index (χ3n) is 4.50. The maximum absolute atomic E-state index is 12.7. The quantitative estimate of drug-likeness (QED) is 0.457. The first kappa shape index (κ1) is 20.9. The highest BCUT2D eigenvalue weighted by atomic mass is 32.2. The summed E-state index contributed by atoms with van der Waals surface area (Å²) in [6.45, 7) is 8.54. The Morgan fingerprint density at radius 2 is 1.55 bits per heavy atom. The topological polar surface area (TPSA) is 66.9 Å². The minimum absolute atomic E-state index is 0.240. The van der Waals surface area contributed by atoms with Gasteiger partial charge >= 0.3 is 6.03 Å². The minimum Gasteiger partial charge on any atom is -0.308 e. The monoisotopic (exact) mass is 406 g/mol. The van der Waals surface area contributed by atoms with Gasteiger partial charge in [-0.3, -0.25) is 0 Å². The minimum atomic E-state index is -0.240. The smallest absolute Gasteiger partial charge is 0.308 e. The molecule has 6 heteroatoms. The van der Waals surface area contributed by atoms with E-state index in [1.165, 1.54) is 6.33 Å². The van der Waals surface area contributed by atoms with Gasteiger partial charge in [0, 0.05) is 22.5 Å². The summed E-state index contributed by atoms with van der Waals surface area (Å²) in [7, 11) is 0. The van der Waals surface area contributed by atoms with Crippen molar-refractivity contribution in [3.05, 3.63) is 72.2 Å². The van der Waals surface area contributed by atoms with E-state index in [1.54, 1.807) is 18.0 Å². The molecule has 0 spiro atoms. The lowest BCUT2D eigenvalue weighted by atomic mass is 9.93. The van der Waals surface area contributed by atoms with Crippen LogP contribution >= 0.6 is 11.8 Å². The predicted molar refractivity (Wildman–Crippen MR) is 120 cm³/mol. The molecule has 0 atom stereocenters. The highest BCUT2D eigenvalue weighted by molar-refractivity contribution is 7.99. The van der Waals surface area contributed by atoms with Crippen molar-refractivity contribution in [3.63, 3.8) is 0 Å². The highest BCUT2D eigenvalue weighted by Crippen LogP contribution is 2.32. The maximum Gasteiger partial charge on any atom is 0.323 e. The van der Waals surface area contributed by atoms with Crippen molar-refractivity contribution in [3.8, 4) is 0 Å². The number of hydrogen-bond donors (Lipinski definition) is 2. The molecule has 2 N–H and O–H groups in total. The van der Waals surface area contributed by atoms with Crippen molar-refractivity contribution in [1.29, 1.82) is 0 Å². The molecular formula is C23H26N4OS. The van der Waals surface area contributed by atoms with Crippen molar-refractivity contribution < 1.29 is 4.79 Å². The molecule has 1 heterocycles. The second-order valence-corrected chi connectivity index (χ2v) is 8.47. The molecule has 2 amide bonds. The van der Waals surface area contributed by atoms with Crippen LogP contribution in [0.15, 0.2) is 71.0 Å². The number of benzene rings is 2. The molecule has 3 aromatic rings. The molecule has 5 nitrogen and oxygen atoms in total. The van der Waals surface area contributed by atoms with Gasteiger partial charge in [0.05, 0.1) is 0 Å². The van der Waals surface area contributed by atoms with Gasteiger partial charge in [-0.25, -0.2) is 14.8 Å². The summed E-state index contributed by atoms with van der Waals surface area (Å²) in [5.41, 5.74) is 3.93. The summed E-state index contributed by atoms with van der Waals surface area (Å²) < 4.78 is 0. The van der Waals surface area contributed by atoms with Crippen LogP contribution < -0.4 is 10.6 Å². The van der Waals surface area contributed by atoms with Crippen molar-refractivity contribution in [1.82, 2.24) is 9.97 Å². The van der Waals surface area contributed by atoms with E-state index in [2.05, 4.69) is 66.5 Å². The normalized spacial score (nSPS) is 11.0. The largest absolute Gasteiger partial charge is 0.323 e. The van der Waals surface area contributed by atoms with E-state index < -0.39 is 0 Å². The summed E-state index contributed by atoms with van der Waals surface area (Å²) in [5, 5.41) is 6.88. The molecule has 150 valence electrons. The molecule has 2 aromatic carbocycles. The Hall–Kier alpha value is -2.86. The first-order valence-electron chi connectivity index (χ1n) is 9.68. The maximum atomic E-state index is 12.7. The number of hydrogen-bond acceptors (Lipinski definition) is 4. The van der Waals surface area contributed by atoms with Crippen molar-refractivity contribution in [2.24, 2.45) is 0 Å². The number of nitrogens with one attached hydrogen (secondary N) is 2. The zero-order valence-electron chi connectivity index (χ0n) is 17.1. The standard InChI is InChI=1S/C23H26N4OS/c1-15(2)19-6-5-7-20(16(3)4)22(19)27-23(28)26-17-8-10-18(11-9-17)29-21-12-13-24-14-25-21/h5-16H,1-4H3,(H2,26,27,28). The number of anilines is 2. The number of aromatic nitrogens is 2. The van der Waals surface area contributed by atoms with E-state index in [1.807, 2.05) is 30.3 Å². The van der Waals surface area contributed by atoms with Crippen LogP contribution in [0.4, 0.5) is 16.2 Å². The van der Waals surface area contributed by atoms with Gasteiger partial charge < -0.3 is 10.6 Å². The fourth-order valence-electron chi connectivity index (χ4n) is 3.04. The number of nitrogens with zero attached hydrogens (tertiary/aromatic N) is 2. The average molecular weight is 407 g/mol. The molecule has 1 aromatic heterocycles. The van der Waals surface area contributed by atoms with E-state index >= 15 is 0 Å². The number of para-hydroxylation sites is 1. The van der Waals surface area contributed by atoms with Gasteiger partial charge in [-0.1, -0.05) is 57.7 Å². The van der Waals surface area contributed by atoms with E-state index in [9.17, 15) is 4.79 Å². The molecule has 0 aliphatic heterocycles. The zero-order chi connectivity index (χ0) is 20.8. The molecule has 0 fully saturated rings. The third-order valence-corrected chi connectivity index (χ3v) is 5.46. The van der Waals surface area contributed by atoms with Gasteiger partial charge in [-0.2, -0.15) is 0 Å². The second-order valence-electron chi connectivity index (χ2n) is 7.37. The van der Waals surface area contributed by atoms with Gasteiger partial charge in [0.1, 0.15) is 11.4 Å². The Morgan fingerprint density at radius 3 is 2.10 bits per heavy atom. The Morgan fingerprint density at radius 1 is 0.897 bits per heavy atom. The molecule has 0 bridgehead atoms. The van der Waals surface area contributed by atoms with Crippen LogP contribution in [0.2, 0.25) is 0 Å². The lowest BCUT2D eigenvalue weighted by Gasteiger charge is -2.20. The lowest BCUT2D eigenvalue weighted by Crippen LogP contribution is -2.21. The second kappa shape index (κ2) is 9.56. The summed E-state index contributed by atoms with van der Waals surface area (Å²) in [6, 6.07) is 15.5. The molecule has 0 unspecified atom stereocenters. The number of amides is 2. The first-order chi connectivity index (χ1) is 13.9. The molecule has 0 aliphatic rings. The SMILES string of the molecule is CC(C)c1cccc(C(C)C)c1NC(=O)Nc1ccc(Sc2ccncn2)cc1. The average Bonchev–Trinajstić information content (AvgIpc) is 2.70. The lowest BCUT2D eigenvalue weighted by molar-refractivity contribution is 0.262. The van der Waals surface area contributed by atoms with Crippen molar-refractivity contribution in [2.75, 3.05) is 10.6 Å². The molecule has 0 aliphatic carbocycles. The third kappa shape index (κ3) is 5.57. The van der Waals surface area contributed by atoms with E-state index in [-0.39, 0.29) is 6.03 Å². The Labute approximate surface area is 176 Å². The van der Waals surface area contributed by atoms with Crippen molar-refractivity contribution in [2.45, 2.75) is 49.5 Å². The summed E-state index contributed by atoms with van der Waals surface area (Å²) in [6.07, 6.45) is 3.25. The van der Waals surface area contributed by atoms with Crippen LogP contribution in [0.1, 0.15) is 50.7 Å². The highest BCUT2D eigenvalue weighted by Gasteiger charge is 2.16. The summed E-state index contributed by atoms with van der Waals surface area (Å²) in [4.78, 5) is 21.8. The Balaban J connectivity index is 1.70. The Kier molecular flexibility index (Phi) is 6.88. The summed E-state index contributed by atoms with van der Waals surface area (Å²) >= 11 is 1.55. The van der Waals surface area contributed by atoms with Crippen LogP contribution in [0.25, 0.3) is 0 Å². The summed E-state index contributed by atoms with van der Waals surface area (Å²) in [5.74, 6) is 0.643. The Bertz CT molecular complexity index is 930. The van der Waals surface area contributed by atoms with Gasteiger partial charge in [0.2, 0.25) is 0 Å².